The van der Waals surface area contributed by atoms with Crippen LogP contribution in [0.2, 0.25) is 0 Å². The number of morpholine rings is 2. The lowest BCUT2D eigenvalue weighted by molar-refractivity contribution is -0.137. The van der Waals surface area contributed by atoms with Crippen LogP contribution in [0.3, 0.4) is 0 Å². The second kappa shape index (κ2) is 23.9. The van der Waals surface area contributed by atoms with E-state index in [1.54, 1.807) is 86.1 Å². The van der Waals surface area contributed by atoms with E-state index in [2.05, 4.69) is 41.0 Å². The fourth-order valence-electron chi connectivity index (χ4n) is 7.80. The molecule has 0 spiro atoms. The van der Waals surface area contributed by atoms with Crippen molar-refractivity contribution in [1.82, 2.24) is 29.7 Å². The molecule has 4 amide bonds. The molecular formula is C54H51F3N10O7. The van der Waals surface area contributed by atoms with Crippen LogP contribution in [-0.4, -0.2) is 102 Å². The number of methoxy groups -OCH3 is 1. The number of benzene rings is 6. The molecule has 0 unspecified atom stereocenters. The van der Waals surface area contributed by atoms with Gasteiger partial charge in [-0.25, -0.2) is 19.6 Å². The van der Waals surface area contributed by atoms with Crippen molar-refractivity contribution >= 4 is 56.9 Å². The Kier molecular flexibility index (Phi) is 16.3. The molecule has 0 aliphatic carbocycles. The van der Waals surface area contributed by atoms with Crippen molar-refractivity contribution in [2.75, 3.05) is 81.0 Å². The Balaban J connectivity index is 0.000000182. The first-order valence-electron chi connectivity index (χ1n) is 23.6. The lowest BCUT2D eigenvalue weighted by Crippen LogP contribution is -2.35. The molecule has 10 rings (SSSR count). The van der Waals surface area contributed by atoms with Crippen LogP contribution >= 0.6 is 0 Å². The number of rotatable bonds is 13. The third-order valence-electron chi connectivity index (χ3n) is 11.6. The van der Waals surface area contributed by atoms with E-state index in [0.29, 0.717) is 46.6 Å². The molecule has 2 fully saturated rings. The number of aromatic nitrogens is 4. The van der Waals surface area contributed by atoms with Crippen molar-refractivity contribution in [1.29, 1.82) is 0 Å². The first-order chi connectivity index (χ1) is 36.0. The van der Waals surface area contributed by atoms with Crippen molar-refractivity contribution in [2.24, 2.45) is 0 Å². The summed E-state index contributed by atoms with van der Waals surface area (Å²) in [5.41, 5.74) is 6.14. The summed E-state index contributed by atoms with van der Waals surface area (Å²) in [6.45, 7) is 7.92. The number of carbonyl (C=O) groups excluding carboxylic acids is 2. The molecule has 4 heterocycles. The average molecular weight is 1010 g/mol. The summed E-state index contributed by atoms with van der Waals surface area (Å²) in [6, 6.07) is 35.4. The van der Waals surface area contributed by atoms with Gasteiger partial charge in [-0.3, -0.25) is 19.8 Å². The first-order valence-corrected chi connectivity index (χ1v) is 23.6. The van der Waals surface area contributed by atoms with Crippen LogP contribution in [0, 0.1) is 0 Å². The van der Waals surface area contributed by atoms with Crippen LogP contribution in [0.1, 0.15) is 17.0 Å². The normalized spacial score (nSPS) is 14.1. The zero-order chi connectivity index (χ0) is 51.3. The maximum absolute atomic E-state index is 12.7. The van der Waals surface area contributed by atoms with Crippen LogP contribution in [0.5, 0.6) is 28.7 Å². The van der Waals surface area contributed by atoms with Gasteiger partial charge in [0.25, 0.3) is 0 Å². The van der Waals surface area contributed by atoms with Crippen molar-refractivity contribution in [3.05, 3.63) is 163 Å². The van der Waals surface area contributed by atoms with E-state index >= 15 is 0 Å². The number of carbonyl (C=O) groups is 2. The molecule has 74 heavy (non-hydrogen) atoms. The average Bonchev–Trinajstić information content (AvgIpc) is 3.40. The van der Waals surface area contributed by atoms with Crippen LogP contribution < -0.4 is 35.5 Å². The first kappa shape index (κ1) is 50.5. The molecule has 2 saturated heterocycles. The zero-order valence-electron chi connectivity index (χ0n) is 40.1. The molecule has 380 valence electrons. The quantitative estimate of drug-likeness (QED) is 0.0856. The van der Waals surface area contributed by atoms with E-state index in [4.69, 9.17) is 33.7 Å². The SMILES string of the molecule is COc1ccc(NC(=O)Nc2ccc(Oc3ccc4ncc(CN5CCOCC5)nc4c3)cc2)cc1.O=C(Nc1ccc(Oc2ccc3ncc(CN4CCOCC4)nc3c2)cc1)Nc1ccc(C(F)(F)F)cc1. The van der Waals surface area contributed by atoms with Crippen LogP contribution in [0.4, 0.5) is 45.5 Å². The minimum absolute atomic E-state index is 0.239. The number of amides is 4. The number of anilines is 4. The molecule has 4 N–H and O–H groups in total. The van der Waals surface area contributed by atoms with Gasteiger partial charge < -0.3 is 45.0 Å². The standard InChI is InChI=1S/C27H24F3N5O3.C27H27N5O4/c28-27(29,30)18-1-3-19(4-2-18)33-26(36)34-20-5-7-22(8-6-20)38-23-9-10-24-25(15-23)32-21(16-31-24)17-35-11-13-37-14-12-35;1-34-22-6-2-19(3-7-22)30-27(33)31-20-4-8-23(9-5-20)36-24-10-11-25-26(16-24)29-21(17-28-25)18-32-12-14-35-15-13-32/h1-10,15-16H,11-14,17H2,(H2,33,34,36);2-11,16-17H,12-15,18H2,1H3,(H2,30,31,33). The summed E-state index contributed by atoms with van der Waals surface area (Å²) in [6.07, 6.45) is -0.816. The molecule has 17 nitrogen and oxygen atoms in total. The molecule has 2 aromatic heterocycles. The molecule has 0 radical (unpaired) electrons. The van der Waals surface area contributed by atoms with E-state index < -0.39 is 17.8 Å². The van der Waals surface area contributed by atoms with E-state index in [0.717, 1.165) is 110 Å². The summed E-state index contributed by atoms with van der Waals surface area (Å²) < 4.78 is 66.0. The number of alkyl halides is 3. The van der Waals surface area contributed by atoms with Gasteiger partial charge in [0.15, 0.2) is 0 Å². The van der Waals surface area contributed by atoms with Gasteiger partial charge in [-0.2, -0.15) is 13.2 Å². The maximum Gasteiger partial charge on any atom is 0.416 e. The monoisotopic (exact) mass is 1010 g/mol. The minimum atomic E-state index is -4.43. The smallest absolute Gasteiger partial charge is 0.416 e. The van der Waals surface area contributed by atoms with Gasteiger partial charge in [0.05, 0.1) is 84.9 Å². The molecule has 6 aromatic carbocycles. The van der Waals surface area contributed by atoms with Gasteiger partial charge in [0.2, 0.25) is 0 Å². The summed E-state index contributed by atoms with van der Waals surface area (Å²) in [5.74, 6) is 3.18. The third kappa shape index (κ3) is 14.4. The van der Waals surface area contributed by atoms with E-state index in [9.17, 15) is 22.8 Å². The highest BCUT2D eigenvalue weighted by atomic mass is 19.4. The fourth-order valence-corrected chi connectivity index (χ4v) is 7.80. The Morgan fingerprint density at radius 3 is 1.22 bits per heavy atom. The number of hydrogen-bond donors (Lipinski definition) is 4. The van der Waals surface area contributed by atoms with E-state index in [1.807, 2.05) is 42.6 Å². The van der Waals surface area contributed by atoms with Crippen molar-refractivity contribution < 1.29 is 46.4 Å². The number of nitrogens with one attached hydrogen (secondary N) is 4. The van der Waals surface area contributed by atoms with Crippen LogP contribution in [0.15, 0.2) is 146 Å². The molecule has 2 aliphatic heterocycles. The highest BCUT2D eigenvalue weighted by molar-refractivity contribution is 6.00. The lowest BCUT2D eigenvalue weighted by atomic mass is 10.2. The van der Waals surface area contributed by atoms with Gasteiger partial charge in [-0.05, 0) is 121 Å². The number of urea groups is 2. The van der Waals surface area contributed by atoms with Gasteiger partial charge in [0, 0.05) is 74.2 Å². The Hall–Kier alpha value is -8.43. The molecule has 0 bridgehead atoms. The third-order valence-corrected chi connectivity index (χ3v) is 11.6. The second-order valence-electron chi connectivity index (χ2n) is 17.0. The fraction of sp³-hybridized carbons (Fsp3) is 0.222. The Labute approximate surface area is 423 Å². The minimum Gasteiger partial charge on any atom is -0.497 e. The molecular weight excluding hydrogens is 958 g/mol. The summed E-state index contributed by atoms with van der Waals surface area (Å²) in [5, 5.41) is 10.7. The molecule has 2 aliphatic rings. The largest absolute Gasteiger partial charge is 0.497 e. The number of ether oxygens (including phenoxy) is 5. The Bertz CT molecular complexity index is 3160. The van der Waals surface area contributed by atoms with Gasteiger partial charge in [-0.15, -0.1) is 0 Å². The summed E-state index contributed by atoms with van der Waals surface area (Å²) in [4.78, 5) is 47.7. The summed E-state index contributed by atoms with van der Waals surface area (Å²) >= 11 is 0. The van der Waals surface area contributed by atoms with Crippen LogP contribution in [0.25, 0.3) is 22.1 Å². The van der Waals surface area contributed by atoms with Crippen molar-refractivity contribution in [2.45, 2.75) is 19.3 Å². The van der Waals surface area contributed by atoms with Gasteiger partial charge in [0.1, 0.15) is 28.7 Å². The lowest BCUT2D eigenvalue weighted by Gasteiger charge is -2.26. The number of fused-ring (bicyclic) bond motifs is 2. The van der Waals surface area contributed by atoms with E-state index in [1.165, 1.54) is 12.1 Å². The Morgan fingerprint density at radius 2 is 0.851 bits per heavy atom. The highest BCUT2D eigenvalue weighted by Gasteiger charge is 2.30. The maximum atomic E-state index is 12.7. The molecule has 20 heteroatoms. The van der Waals surface area contributed by atoms with Gasteiger partial charge in [-0.1, -0.05) is 0 Å². The van der Waals surface area contributed by atoms with Crippen molar-refractivity contribution in [3.8, 4) is 28.7 Å². The molecule has 8 aromatic rings. The number of halogens is 3. The number of hydrogen-bond acceptors (Lipinski definition) is 13. The molecule has 0 atom stereocenters. The second-order valence-corrected chi connectivity index (χ2v) is 17.0. The van der Waals surface area contributed by atoms with E-state index in [-0.39, 0.29) is 11.7 Å². The van der Waals surface area contributed by atoms with Crippen LogP contribution in [-0.2, 0) is 28.7 Å². The van der Waals surface area contributed by atoms with Gasteiger partial charge >= 0.3 is 18.2 Å². The zero-order valence-corrected chi connectivity index (χ0v) is 40.1. The summed E-state index contributed by atoms with van der Waals surface area (Å²) in [7, 11) is 1.60. The predicted molar refractivity (Wildman–Crippen MR) is 274 cm³/mol. The molecule has 0 saturated carbocycles. The predicted octanol–water partition coefficient (Wildman–Crippen LogP) is 10.8. The Morgan fingerprint density at radius 1 is 0.500 bits per heavy atom. The highest BCUT2D eigenvalue weighted by Crippen LogP contribution is 2.31. The van der Waals surface area contributed by atoms with Crippen molar-refractivity contribution in [3.63, 3.8) is 0 Å². The number of nitrogens with zero attached hydrogens (tertiary/aromatic N) is 6. The topological polar surface area (TPSA) is 186 Å².